The fraction of sp³-hybridized carbons (Fsp3) is 0.300. The van der Waals surface area contributed by atoms with Gasteiger partial charge in [0, 0.05) is 6.04 Å². The third kappa shape index (κ3) is 4.98. The molecule has 1 unspecified atom stereocenters. The molecule has 0 saturated heterocycles. The van der Waals surface area contributed by atoms with Gasteiger partial charge < -0.3 is 10.1 Å². The number of fused-ring (bicyclic) bond motifs is 1. The number of nitrogens with one attached hydrogen (secondary N) is 1. The highest BCUT2D eigenvalue weighted by atomic mass is 32.2. The second kappa shape index (κ2) is 8.22. The van der Waals surface area contributed by atoms with Gasteiger partial charge in [-0.05, 0) is 49.2 Å². The number of hydrogen-bond acceptors (Lipinski definition) is 5. The van der Waals surface area contributed by atoms with Crippen molar-refractivity contribution in [1.29, 1.82) is 0 Å². The van der Waals surface area contributed by atoms with Gasteiger partial charge in [-0.15, -0.1) is 0 Å². The predicted molar refractivity (Wildman–Crippen MR) is 107 cm³/mol. The van der Waals surface area contributed by atoms with Gasteiger partial charge in [-0.1, -0.05) is 12.1 Å². The Hall–Kier alpha value is -3.08. The number of ether oxygens (including phenoxy) is 1. The van der Waals surface area contributed by atoms with Crippen molar-refractivity contribution in [1.82, 2.24) is 0 Å². The molecule has 0 aromatic heterocycles. The first-order chi connectivity index (χ1) is 14.4. The Kier molecular flexibility index (Phi) is 5.99. The summed E-state index contributed by atoms with van der Waals surface area (Å²) in [6.45, 7) is 0.955. The van der Waals surface area contributed by atoms with Crippen molar-refractivity contribution in [2.24, 2.45) is 0 Å². The van der Waals surface area contributed by atoms with E-state index in [4.69, 9.17) is 4.74 Å². The fourth-order valence-electron chi connectivity index (χ4n) is 3.48. The van der Waals surface area contributed by atoms with Crippen molar-refractivity contribution in [2.75, 3.05) is 22.5 Å². The quantitative estimate of drug-likeness (QED) is 0.698. The predicted octanol–water partition coefficient (Wildman–Crippen LogP) is 3.21. The number of halogens is 3. The van der Waals surface area contributed by atoms with Crippen LogP contribution in [0.1, 0.15) is 28.4 Å². The van der Waals surface area contributed by atoms with Gasteiger partial charge in [0.25, 0.3) is 5.91 Å². The van der Waals surface area contributed by atoms with Crippen molar-refractivity contribution in [3.8, 4) is 0 Å². The average molecular weight is 456 g/mol. The molecule has 166 valence electrons. The SMILES string of the molecule is CC1Cc2cc(C(=O)OCC(=O)Nc3ccccc3C(F)(F)F)ccc2N1S(C)(=O)=O. The number of anilines is 2. The Morgan fingerprint density at radius 2 is 1.87 bits per heavy atom. The monoisotopic (exact) mass is 456 g/mol. The minimum absolute atomic E-state index is 0.102. The third-order valence-corrected chi connectivity index (χ3v) is 5.94. The zero-order chi connectivity index (χ0) is 23.0. The third-order valence-electron chi connectivity index (χ3n) is 4.67. The second-order valence-electron chi connectivity index (χ2n) is 7.12. The van der Waals surface area contributed by atoms with Gasteiger partial charge in [0.05, 0.1) is 28.8 Å². The molecule has 0 saturated carbocycles. The number of benzene rings is 2. The summed E-state index contributed by atoms with van der Waals surface area (Å²) in [6, 6.07) is 8.47. The molecule has 0 aliphatic carbocycles. The number of carbonyl (C=O) groups excluding carboxylic acids is 2. The standard InChI is InChI=1S/C20H19F3N2O5S/c1-12-9-14-10-13(7-8-17(14)25(12)31(2,28)29)19(27)30-11-18(26)24-16-6-4-3-5-15(16)20(21,22)23/h3-8,10,12H,9,11H2,1-2H3,(H,24,26). The second-order valence-corrected chi connectivity index (χ2v) is 8.98. The van der Waals surface area contributed by atoms with E-state index in [0.717, 1.165) is 18.4 Å². The zero-order valence-electron chi connectivity index (χ0n) is 16.6. The summed E-state index contributed by atoms with van der Waals surface area (Å²) < 4.78 is 69.1. The largest absolute Gasteiger partial charge is 0.452 e. The summed E-state index contributed by atoms with van der Waals surface area (Å²) in [5, 5.41) is 2.08. The summed E-state index contributed by atoms with van der Waals surface area (Å²) >= 11 is 0. The van der Waals surface area contributed by atoms with Crippen LogP contribution in [-0.2, 0) is 32.2 Å². The van der Waals surface area contributed by atoms with E-state index >= 15 is 0 Å². The Balaban J connectivity index is 1.66. The molecule has 31 heavy (non-hydrogen) atoms. The molecule has 1 aliphatic heterocycles. The van der Waals surface area contributed by atoms with Crippen LogP contribution in [0.25, 0.3) is 0 Å². The maximum atomic E-state index is 13.0. The molecule has 7 nitrogen and oxygen atoms in total. The summed E-state index contributed by atoms with van der Waals surface area (Å²) in [4.78, 5) is 24.3. The van der Waals surface area contributed by atoms with Gasteiger partial charge in [-0.3, -0.25) is 9.10 Å². The van der Waals surface area contributed by atoms with Crippen LogP contribution in [-0.4, -0.2) is 39.2 Å². The summed E-state index contributed by atoms with van der Waals surface area (Å²) in [5.41, 5.74) is -0.255. The molecule has 2 aromatic rings. The van der Waals surface area contributed by atoms with Gasteiger partial charge in [-0.2, -0.15) is 13.2 Å². The van der Waals surface area contributed by atoms with Crippen molar-refractivity contribution < 1.29 is 35.9 Å². The molecule has 0 bridgehead atoms. The lowest BCUT2D eigenvalue weighted by Gasteiger charge is -2.21. The average Bonchev–Trinajstić information content (AvgIpc) is 3.00. The number of rotatable bonds is 5. The van der Waals surface area contributed by atoms with E-state index in [1.54, 1.807) is 6.92 Å². The van der Waals surface area contributed by atoms with Crippen molar-refractivity contribution >= 4 is 33.3 Å². The normalized spacial score (nSPS) is 16.0. The van der Waals surface area contributed by atoms with Crippen LogP contribution in [0, 0.1) is 0 Å². The molecule has 0 radical (unpaired) electrons. The molecule has 0 spiro atoms. The van der Waals surface area contributed by atoms with E-state index in [9.17, 15) is 31.2 Å². The van der Waals surface area contributed by atoms with Crippen LogP contribution in [0.3, 0.4) is 0 Å². The number of esters is 1. The van der Waals surface area contributed by atoms with Crippen LogP contribution in [0.15, 0.2) is 42.5 Å². The van der Waals surface area contributed by atoms with E-state index in [-0.39, 0.29) is 11.6 Å². The lowest BCUT2D eigenvalue weighted by atomic mass is 10.1. The molecule has 3 rings (SSSR count). The van der Waals surface area contributed by atoms with Gasteiger partial charge in [0.1, 0.15) is 0 Å². The molecule has 2 aromatic carbocycles. The zero-order valence-corrected chi connectivity index (χ0v) is 17.4. The highest BCUT2D eigenvalue weighted by Crippen LogP contribution is 2.35. The number of hydrogen-bond donors (Lipinski definition) is 1. The van der Waals surface area contributed by atoms with Crippen LogP contribution in [0.5, 0.6) is 0 Å². The summed E-state index contributed by atoms with van der Waals surface area (Å²) in [6.07, 6.45) is -3.16. The van der Waals surface area contributed by atoms with Crippen LogP contribution >= 0.6 is 0 Å². The van der Waals surface area contributed by atoms with E-state index in [1.165, 1.54) is 34.6 Å². The Morgan fingerprint density at radius 3 is 2.52 bits per heavy atom. The highest BCUT2D eigenvalue weighted by molar-refractivity contribution is 7.92. The van der Waals surface area contributed by atoms with E-state index < -0.39 is 45.9 Å². The van der Waals surface area contributed by atoms with Gasteiger partial charge in [0.2, 0.25) is 10.0 Å². The molecule has 1 N–H and O–H groups in total. The number of carbonyl (C=O) groups is 2. The Labute approximate surface area is 176 Å². The maximum Gasteiger partial charge on any atom is 0.418 e. The number of amides is 1. The van der Waals surface area contributed by atoms with Gasteiger partial charge in [-0.25, -0.2) is 13.2 Å². The van der Waals surface area contributed by atoms with Crippen molar-refractivity contribution in [2.45, 2.75) is 25.6 Å². The Bertz CT molecular complexity index is 1130. The molecule has 1 aliphatic rings. The van der Waals surface area contributed by atoms with E-state index in [0.29, 0.717) is 17.7 Å². The number of nitrogens with zero attached hydrogens (tertiary/aromatic N) is 1. The summed E-state index contributed by atoms with van der Waals surface area (Å²) in [5.74, 6) is -1.78. The van der Waals surface area contributed by atoms with E-state index in [2.05, 4.69) is 5.32 Å². The van der Waals surface area contributed by atoms with Crippen LogP contribution in [0.4, 0.5) is 24.5 Å². The fourth-order valence-corrected chi connectivity index (χ4v) is 4.74. The van der Waals surface area contributed by atoms with Crippen molar-refractivity contribution in [3.63, 3.8) is 0 Å². The van der Waals surface area contributed by atoms with Crippen LogP contribution < -0.4 is 9.62 Å². The molecule has 1 atom stereocenters. The lowest BCUT2D eigenvalue weighted by molar-refractivity contribution is -0.137. The molecular weight excluding hydrogens is 437 g/mol. The van der Waals surface area contributed by atoms with Gasteiger partial charge >= 0.3 is 12.1 Å². The first-order valence-electron chi connectivity index (χ1n) is 9.13. The number of alkyl halides is 3. The smallest absolute Gasteiger partial charge is 0.418 e. The lowest BCUT2D eigenvalue weighted by Crippen LogP contribution is -2.34. The molecular formula is C20H19F3N2O5S. The molecule has 1 amide bonds. The molecule has 0 fully saturated rings. The minimum Gasteiger partial charge on any atom is -0.452 e. The van der Waals surface area contributed by atoms with Gasteiger partial charge in [0.15, 0.2) is 6.61 Å². The topological polar surface area (TPSA) is 92.8 Å². The Morgan fingerprint density at radius 1 is 1.19 bits per heavy atom. The first kappa shape index (κ1) is 22.6. The number of para-hydroxylation sites is 1. The summed E-state index contributed by atoms with van der Waals surface area (Å²) in [7, 11) is -3.48. The number of sulfonamides is 1. The maximum absolute atomic E-state index is 13.0. The van der Waals surface area contributed by atoms with Crippen LogP contribution in [0.2, 0.25) is 0 Å². The highest BCUT2D eigenvalue weighted by Gasteiger charge is 2.34. The molecule has 11 heteroatoms. The van der Waals surface area contributed by atoms with Crippen molar-refractivity contribution in [3.05, 3.63) is 59.2 Å². The first-order valence-corrected chi connectivity index (χ1v) is 11.0. The van der Waals surface area contributed by atoms with E-state index in [1.807, 2.05) is 0 Å². The molecule has 1 heterocycles. The minimum atomic E-state index is -4.65.